The van der Waals surface area contributed by atoms with Crippen LogP contribution in [0.1, 0.15) is 47.0 Å². The van der Waals surface area contributed by atoms with E-state index < -0.39 is 0 Å². The fourth-order valence-electron chi connectivity index (χ4n) is 5.95. The summed E-state index contributed by atoms with van der Waals surface area (Å²) in [5.41, 5.74) is 11.7. The number of likely N-dealkylation sites (N-methyl/N-ethyl adjacent to an activating group) is 1. The standard InChI is InChI=1S/C41H37N3.C2H6/c1-4-8-35-27-40(20-13-30(35)2)44(41-26-19-32-10-5-6-11-36(32)28-41)39-24-17-34(18-25-39)33-15-22-38(23-16-33)43(3)37-12-7-9-31(29-42)14-21-37;1-2/h4-12,15-19,21-28H,13-14,20H2,1-3H3;1-2H3/b8-4-;. The van der Waals surface area contributed by atoms with Crippen LogP contribution in [0.4, 0.5) is 17.1 Å². The molecule has 0 aliphatic heterocycles. The van der Waals surface area contributed by atoms with Gasteiger partial charge in [0.2, 0.25) is 0 Å². The molecular formula is C43H43N3. The van der Waals surface area contributed by atoms with E-state index >= 15 is 0 Å². The highest BCUT2D eigenvalue weighted by atomic mass is 15.1. The van der Waals surface area contributed by atoms with Crippen molar-refractivity contribution < 1.29 is 0 Å². The van der Waals surface area contributed by atoms with Gasteiger partial charge in [-0.15, -0.1) is 0 Å². The Morgan fingerprint density at radius 3 is 2.11 bits per heavy atom. The smallest absolute Gasteiger partial charge is 0.0950 e. The molecule has 2 aliphatic rings. The minimum Gasteiger partial charge on any atom is -0.345 e. The lowest BCUT2D eigenvalue weighted by Gasteiger charge is -2.31. The highest BCUT2D eigenvalue weighted by molar-refractivity contribution is 5.88. The summed E-state index contributed by atoms with van der Waals surface area (Å²) in [6.45, 7) is 8.33. The first-order valence-corrected chi connectivity index (χ1v) is 16.3. The van der Waals surface area contributed by atoms with Crippen LogP contribution in [0.25, 0.3) is 21.9 Å². The number of hydrogen-bond acceptors (Lipinski definition) is 3. The van der Waals surface area contributed by atoms with Crippen molar-refractivity contribution in [1.82, 2.24) is 0 Å². The fraction of sp³-hybridized carbons (Fsp3) is 0.186. The Labute approximate surface area is 275 Å². The highest BCUT2D eigenvalue weighted by Gasteiger charge is 2.19. The maximum atomic E-state index is 9.24. The summed E-state index contributed by atoms with van der Waals surface area (Å²) in [5, 5.41) is 11.7. The zero-order chi connectivity index (χ0) is 32.5. The predicted molar refractivity (Wildman–Crippen MR) is 198 cm³/mol. The molecular weight excluding hydrogens is 558 g/mol. The SMILES string of the molecule is C/C=C\C1=C(C)CCC(N(c2ccc(-c3ccc(N(C)C4=CCC(C#N)=CC=C4)cc3)cc2)c2ccc3ccccc3c2)=C1.CC. The van der Waals surface area contributed by atoms with Crippen LogP contribution < -0.4 is 9.80 Å². The van der Waals surface area contributed by atoms with E-state index in [1.54, 1.807) is 0 Å². The van der Waals surface area contributed by atoms with Crippen LogP contribution in [-0.2, 0) is 0 Å². The fourth-order valence-corrected chi connectivity index (χ4v) is 5.95. The lowest BCUT2D eigenvalue weighted by molar-refractivity contribution is 0.865. The van der Waals surface area contributed by atoms with Gasteiger partial charge in [0.25, 0.3) is 0 Å². The molecule has 0 bridgehead atoms. The summed E-state index contributed by atoms with van der Waals surface area (Å²) in [4.78, 5) is 4.58. The van der Waals surface area contributed by atoms with E-state index in [1.807, 2.05) is 26.0 Å². The second-order valence-corrected chi connectivity index (χ2v) is 11.4. The van der Waals surface area contributed by atoms with Gasteiger partial charge in [0.1, 0.15) is 0 Å². The van der Waals surface area contributed by atoms with Crippen LogP contribution in [0, 0.1) is 11.3 Å². The van der Waals surface area contributed by atoms with Gasteiger partial charge in [0, 0.05) is 47.5 Å². The molecule has 0 atom stereocenters. The van der Waals surface area contributed by atoms with Crippen LogP contribution in [0.2, 0.25) is 0 Å². The molecule has 0 N–H and O–H groups in total. The highest BCUT2D eigenvalue weighted by Crippen LogP contribution is 2.38. The molecule has 3 nitrogen and oxygen atoms in total. The Bertz CT molecular complexity index is 1910. The second kappa shape index (κ2) is 15.1. The third-order valence-electron chi connectivity index (χ3n) is 8.54. The average molecular weight is 602 g/mol. The zero-order valence-electron chi connectivity index (χ0n) is 27.7. The molecule has 0 saturated heterocycles. The van der Waals surface area contributed by atoms with Gasteiger partial charge in [-0.25, -0.2) is 0 Å². The van der Waals surface area contributed by atoms with Crippen LogP contribution in [0.3, 0.4) is 0 Å². The van der Waals surface area contributed by atoms with E-state index in [4.69, 9.17) is 0 Å². The molecule has 4 aromatic rings. The van der Waals surface area contributed by atoms with Gasteiger partial charge >= 0.3 is 0 Å². The summed E-state index contributed by atoms with van der Waals surface area (Å²) in [6.07, 6.45) is 17.4. The monoisotopic (exact) mass is 601 g/mol. The summed E-state index contributed by atoms with van der Waals surface area (Å²) in [5.74, 6) is 0. The molecule has 4 aromatic carbocycles. The predicted octanol–water partition coefficient (Wildman–Crippen LogP) is 12.0. The number of hydrogen-bond donors (Lipinski definition) is 0. The van der Waals surface area contributed by atoms with Crippen molar-refractivity contribution in [1.29, 1.82) is 5.26 Å². The van der Waals surface area contributed by atoms with Gasteiger partial charge in [-0.1, -0.05) is 98.3 Å². The Morgan fingerprint density at radius 1 is 0.783 bits per heavy atom. The number of allylic oxidation sites excluding steroid dienone is 11. The van der Waals surface area contributed by atoms with Crippen molar-refractivity contribution in [3.05, 3.63) is 162 Å². The molecule has 6 rings (SSSR count). The van der Waals surface area contributed by atoms with Crippen molar-refractivity contribution in [2.75, 3.05) is 16.8 Å². The first-order valence-electron chi connectivity index (χ1n) is 16.3. The molecule has 3 heteroatoms. The number of benzene rings is 4. The maximum Gasteiger partial charge on any atom is 0.0950 e. The molecule has 46 heavy (non-hydrogen) atoms. The van der Waals surface area contributed by atoms with Crippen LogP contribution >= 0.6 is 0 Å². The summed E-state index contributed by atoms with van der Waals surface area (Å²) >= 11 is 0. The minimum absolute atomic E-state index is 0.646. The molecule has 2 aliphatic carbocycles. The van der Waals surface area contributed by atoms with Crippen LogP contribution in [0.15, 0.2) is 162 Å². The molecule has 0 spiro atoms. The zero-order valence-corrected chi connectivity index (χ0v) is 27.7. The molecule has 0 fully saturated rings. The molecule has 0 unspecified atom stereocenters. The third-order valence-corrected chi connectivity index (χ3v) is 8.54. The Kier molecular flexibility index (Phi) is 10.5. The van der Waals surface area contributed by atoms with Crippen molar-refractivity contribution in [2.24, 2.45) is 0 Å². The molecule has 0 heterocycles. The molecule has 230 valence electrons. The van der Waals surface area contributed by atoms with E-state index in [9.17, 15) is 5.26 Å². The molecule has 0 radical (unpaired) electrons. The van der Waals surface area contributed by atoms with Gasteiger partial charge in [0.15, 0.2) is 0 Å². The van der Waals surface area contributed by atoms with Crippen LogP contribution in [0.5, 0.6) is 0 Å². The van der Waals surface area contributed by atoms with Gasteiger partial charge in [-0.05, 0) is 109 Å². The van der Waals surface area contributed by atoms with Crippen molar-refractivity contribution >= 4 is 27.8 Å². The number of rotatable bonds is 7. The van der Waals surface area contributed by atoms with Gasteiger partial charge in [-0.2, -0.15) is 5.26 Å². The quantitative estimate of drug-likeness (QED) is 0.211. The average Bonchev–Trinajstić information content (AvgIpc) is 3.37. The first-order chi connectivity index (χ1) is 22.5. The topological polar surface area (TPSA) is 30.3 Å². The first kappa shape index (κ1) is 32.1. The summed E-state index contributed by atoms with van der Waals surface area (Å²) < 4.78 is 0. The Balaban J connectivity index is 0.00000204. The van der Waals surface area contributed by atoms with E-state index in [2.05, 4.69) is 158 Å². The molecule has 0 amide bonds. The maximum absolute atomic E-state index is 9.24. The number of nitrogens with zero attached hydrogens (tertiary/aromatic N) is 3. The third kappa shape index (κ3) is 7.14. The largest absolute Gasteiger partial charge is 0.345 e. The Morgan fingerprint density at radius 2 is 1.43 bits per heavy atom. The number of nitriles is 1. The van der Waals surface area contributed by atoms with Crippen molar-refractivity contribution in [2.45, 2.75) is 47.0 Å². The van der Waals surface area contributed by atoms with E-state index in [1.165, 1.54) is 44.4 Å². The second-order valence-electron chi connectivity index (χ2n) is 11.4. The van der Waals surface area contributed by atoms with Gasteiger partial charge in [0.05, 0.1) is 6.07 Å². The molecule has 0 saturated carbocycles. The van der Waals surface area contributed by atoms with E-state index in [0.29, 0.717) is 6.42 Å². The van der Waals surface area contributed by atoms with Crippen molar-refractivity contribution in [3.63, 3.8) is 0 Å². The van der Waals surface area contributed by atoms with E-state index in [0.717, 1.165) is 35.5 Å². The normalized spacial score (nSPS) is 14.5. The molecule has 0 aromatic heterocycles. The summed E-state index contributed by atoms with van der Waals surface area (Å²) in [6, 6.07) is 35.2. The number of fused-ring (bicyclic) bond motifs is 1. The van der Waals surface area contributed by atoms with Crippen LogP contribution in [-0.4, -0.2) is 7.05 Å². The lowest BCUT2D eigenvalue weighted by atomic mass is 9.94. The Hall–Kier alpha value is -5.33. The van der Waals surface area contributed by atoms with Gasteiger partial charge < -0.3 is 9.80 Å². The lowest BCUT2D eigenvalue weighted by Crippen LogP contribution is -2.18. The summed E-state index contributed by atoms with van der Waals surface area (Å²) in [7, 11) is 2.07. The number of anilines is 3. The van der Waals surface area contributed by atoms with Gasteiger partial charge in [-0.3, -0.25) is 0 Å². The van der Waals surface area contributed by atoms with E-state index in [-0.39, 0.29) is 0 Å². The van der Waals surface area contributed by atoms with Crippen molar-refractivity contribution in [3.8, 4) is 17.2 Å². The minimum atomic E-state index is 0.646.